The minimum Gasteiger partial charge on any atom is -0.462 e. The number of carbonyl (C=O) groups is 4. The fourth-order valence-electron chi connectivity index (χ4n) is 8.55. The third-order valence-corrected chi connectivity index (χ3v) is 15.2. The molecule has 462 valence electrons. The van der Waals surface area contributed by atoms with E-state index in [2.05, 4.69) is 55.4 Å². The Kier molecular flexibility index (Phi) is 48.4. The number of hydrogen-bond donors (Lipinski definition) is 3. The van der Waals surface area contributed by atoms with Crippen LogP contribution in [0.1, 0.15) is 274 Å². The van der Waals surface area contributed by atoms with Crippen molar-refractivity contribution in [1.82, 2.24) is 0 Å². The molecule has 78 heavy (non-hydrogen) atoms. The molecule has 0 aromatic heterocycles. The standard InChI is InChI=1S/C59H114O17P2/c1-49(2)35-27-19-11-9-13-25-33-41-58(63)75-54(45-69-56(61)39-31-23-17-15-21-29-37-51(5)6)47-73-77(65,66)71-43-53(60)44-72-78(67,68)74-48-55(46-70-57(62)40-32-24-18-16-22-30-38-52(7)8)76-59(64)42-34-26-14-10-12-20-28-36-50(3)4/h49-55,60H,9-48H2,1-8H3,(H,65,66)(H,67,68)/t54-,55-/m1/s1. The predicted octanol–water partition coefficient (Wildman–Crippen LogP) is 15.4. The minimum atomic E-state index is -4.94. The summed E-state index contributed by atoms with van der Waals surface area (Å²) in [5, 5.41) is 10.5. The number of phosphoric acid groups is 2. The first-order chi connectivity index (χ1) is 37.1. The summed E-state index contributed by atoms with van der Waals surface area (Å²) in [6.07, 6.45) is 27.1. The second-order valence-electron chi connectivity index (χ2n) is 23.3. The second kappa shape index (κ2) is 49.7. The average molecular weight is 1160 g/mol. The molecular formula is C59H114O17P2. The molecular weight excluding hydrogens is 1040 g/mol. The van der Waals surface area contributed by atoms with Crippen LogP contribution in [0, 0.1) is 23.7 Å². The fraction of sp³-hybridized carbons (Fsp3) is 0.932. The van der Waals surface area contributed by atoms with Gasteiger partial charge in [0.25, 0.3) is 0 Å². The predicted molar refractivity (Wildman–Crippen MR) is 307 cm³/mol. The van der Waals surface area contributed by atoms with Gasteiger partial charge < -0.3 is 33.8 Å². The summed E-state index contributed by atoms with van der Waals surface area (Å²) in [5.74, 6) is 0.598. The van der Waals surface area contributed by atoms with E-state index in [1.165, 1.54) is 64.2 Å². The van der Waals surface area contributed by atoms with Gasteiger partial charge in [-0.15, -0.1) is 0 Å². The van der Waals surface area contributed by atoms with Crippen molar-refractivity contribution in [2.24, 2.45) is 23.7 Å². The van der Waals surface area contributed by atoms with Gasteiger partial charge in [-0.1, -0.05) is 222 Å². The van der Waals surface area contributed by atoms with E-state index in [1.807, 2.05) is 0 Å². The number of rotatable bonds is 56. The lowest BCUT2D eigenvalue weighted by Crippen LogP contribution is -2.30. The molecule has 0 amide bonds. The Morgan fingerprint density at radius 1 is 0.321 bits per heavy atom. The van der Waals surface area contributed by atoms with Gasteiger partial charge in [0.05, 0.1) is 26.4 Å². The van der Waals surface area contributed by atoms with E-state index in [0.717, 1.165) is 103 Å². The number of carbonyl (C=O) groups excluding carboxylic acids is 4. The molecule has 4 atom stereocenters. The molecule has 0 aliphatic heterocycles. The van der Waals surface area contributed by atoms with Crippen molar-refractivity contribution >= 4 is 39.5 Å². The average Bonchev–Trinajstić information content (AvgIpc) is 3.36. The normalized spacial score (nSPS) is 14.6. The number of unbranched alkanes of at least 4 members (excludes halogenated alkanes) is 22. The van der Waals surface area contributed by atoms with Gasteiger partial charge in [0.2, 0.25) is 0 Å². The summed E-state index contributed by atoms with van der Waals surface area (Å²) >= 11 is 0. The van der Waals surface area contributed by atoms with Gasteiger partial charge in [0, 0.05) is 25.7 Å². The lowest BCUT2D eigenvalue weighted by Gasteiger charge is -2.21. The summed E-state index contributed by atoms with van der Waals surface area (Å²) in [5.41, 5.74) is 0. The molecule has 19 heteroatoms. The van der Waals surface area contributed by atoms with Crippen LogP contribution in [0.25, 0.3) is 0 Å². The number of ether oxygens (including phenoxy) is 4. The van der Waals surface area contributed by atoms with E-state index in [0.29, 0.717) is 49.4 Å². The fourth-order valence-corrected chi connectivity index (χ4v) is 10.1. The van der Waals surface area contributed by atoms with E-state index >= 15 is 0 Å². The van der Waals surface area contributed by atoms with E-state index in [9.17, 15) is 43.2 Å². The van der Waals surface area contributed by atoms with Crippen LogP contribution >= 0.6 is 15.6 Å². The van der Waals surface area contributed by atoms with E-state index in [4.69, 9.17) is 37.0 Å². The van der Waals surface area contributed by atoms with Gasteiger partial charge in [-0.05, 0) is 49.4 Å². The molecule has 0 saturated carbocycles. The largest absolute Gasteiger partial charge is 0.472 e. The Balaban J connectivity index is 5.25. The molecule has 0 aromatic carbocycles. The monoisotopic (exact) mass is 1160 g/mol. The van der Waals surface area contributed by atoms with Crippen molar-refractivity contribution in [1.29, 1.82) is 0 Å². The SMILES string of the molecule is CC(C)CCCCCCCCCC(=O)O[C@H](COC(=O)CCCCCCCCC(C)C)COP(=O)(O)OCC(O)COP(=O)(O)OC[C@@H](COC(=O)CCCCCCCCC(C)C)OC(=O)CCCCCCCCCC(C)C. The number of esters is 4. The van der Waals surface area contributed by atoms with Crippen LogP contribution in [-0.2, 0) is 65.4 Å². The van der Waals surface area contributed by atoms with Gasteiger partial charge in [-0.25, -0.2) is 9.13 Å². The maximum absolute atomic E-state index is 12.9. The second-order valence-corrected chi connectivity index (χ2v) is 26.2. The van der Waals surface area contributed by atoms with Gasteiger partial charge >= 0.3 is 39.5 Å². The Bertz CT molecular complexity index is 1470. The minimum absolute atomic E-state index is 0.101. The van der Waals surface area contributed by atoms with Gasteiger partial charge in [0.1, 0.15) is 19.3 Å². The third kappa shape index (κ3) is 53.4. The van der Waals surface area contributed by atoms with Crippen LogP contribution < -0.4 is 0 Å². The smallest absolute Gasteiger partial charge is 0.462 e. The highest BCUT2D eigenvalue weighted by atomic mass is 31.2. The quantitative estimate of drug-likeness (QED) is 0.0222. The molecule has 0 aromatic rings. The van der Waals surface area contributed by atoms with Crippen molar-refractivity contribution in [3.63, 3.8) is 0 Å². The highest BCUT2D eigenvalue weighted by Crippen LogP contribution is 2.45. The highest BCUT2D eigenvalue weighted by Gasteiger charge is 2.30. The lowest BCUT2D eigenvalue weighted by atomic mass is 10.0. The van der Waals surface area contributed by atoms with Gasteiger partial charge in [-0.3, -0.25) is 37.3 Å². The summed E-state index contributed by atoms with van der Waals surface area (Å²) in [7, 11) is -9.88. The molecule has 0 rings (SSSR count). The van der Waals surface area contributed by atoms with E-state index < -0.39 is 97.5 Å². The van der Waals surface area contributed by atoms with Crippen molar-refractivity contribution in [3.8, 4) is 0 Å². The van der Waals surface area contributed by atoms with Crippen molar-refractivity contribution in [2.75, 3.05) is 39.6 Å². The molecule has 0 bridgehead atoms. The summed E-state index contributed by atoms with van der Waals surface area (Å²) in [4.78, 5) is 71.9. The van der Waals surface area contributed by atoms with Crippen LogP contribution in [0.2, 0.25) is 0 Å². The topological polar surface area (TPSA) is 237 Å². The maximum Gasteiger partial charge on any atom is 0.472 e. The number of hydrogen-bond acceptors (Lipinski definition) is 15. The van der Waals surface area contributed by atoms with E-state index in [-0.39, 0.29) is 25.7 Å². The van der Waals surface area contributed by atoms with E-state index in [1.54, 1.807) is 0 Å². The maximum atomic E-state index is 12.9. The third-order valence-electron chi connectivity index (χ3n) is 13.3. The first-order valence-electron chi connectivity index (χ1n) is 30.7. The van der Waals surface area contributed by atoms with Crippen LogP contribution in [0.15, 0.2) is 0 Å². The number of phosphoric ester groups is 2. The zero-order valence-corrected chi connectivity index (χ0v) is 52.1. The molecule has 0 aliphatic rings. The Labute approximate surface area is 473 Å². The number of aliphatic hydroxyl groups is 1. The molecule has 17 nitrogen and oxygen atoms in total. The molecule has 3 N–H and O–H groups in total. The van der Waals surface area contributed by atoms with Gasteiger partial charge in [-0.2, -0.15) is 0 Å². The Morgan fingerprint density at radius 3 is 0.795 bits per heavy atom. The summed E-state index contributed by atoms with van der Waals surface area (Å²) in [6.45, 7) is 13.7. The van der Waals surface area contributed by atoms with Crippen molar-refractivity contribution in [3.05, 3.63) is 0 Å². The van der Waals surface area contributed by atoms with Crippen LogP contribution in [0.4, 0.5) is 0 Å². The van der Waals surface area contributed by atoms with Crippen molar-refractivity contribution < 1.29 is 80.2 Å². The molecule has 0 radical (unpaired) electrons. The van der Waals surface area contributed by atoms with Crippen LogP contribution in [-0.4, -0.2) is 96.7 Å². The first-order valence-corrected chi connectivity index (χ1v) is 33.7. The molecule has 0 saturated heterocycles. The number of aliphatic hydroxyl groups excluding tert-OH is 1. The molecule has 0 aliphatic carbocycles. The van der Waals surface area contributed by atoms with Crippen LogP contribution in [0.3, 0.4) is 0 Å². The Hall–Kier alpha value is -1.94. The van der Waals surface area contributed by atoms with Crippen LogP contribution in [0.5, 0.6) is 0 Å². The molecule has 2 unspecified atom stereocenters. The summed E-state index contributed by atoms with van der Waals surface area (Å²) < 4.78 is 67.7. The Morgan fingerprint density at radius 2 is 0.538 bits per heavy atom. The molecule has 0 fully saturated rings. The van der Waals surface area contributed by atoms with Crippen molar-refractivity contribution in [2.45, 2.75) is 292 Å². The molecule has 0 heterocycles. The molecule has 0 spiro atoms. The zero-order valence-electron chi connectivity index (χ0n) is 50.3. The lowest BCUT2D eigenvalue weighted by molar-refractivity contribution is -0.161. The zero-order chi connectivity index (χ0) is 58.3. The highest BCUT2D eigenvalue weighted by molar-refractivity contribution is 7.47. The first kappa shape index (κ1) is 76.1. The van der Waals surface area contributed by atoms with Gasteiger partial charge in [0.15, 0.2) is 12.2 Å². The summed E-state index contributed by atoms with van der Waals surface area (Å²) in [6, 6.07) is 0.